The van der Waals surface area contributed by atoms with Crippen molar-refractivity contribution in [2.24, 2.45) is 0 Å². The smallest absolute Gasteiger partial charge is 0.253 e. The van der Waals surface area contributed by atoms with E-state index in [0.717, 1.165) is 12.2 Å². The van der Waals surface area contributed by atoms with E-state index in [1.807, 2.05) is 45.0 Å². The lowest BCUT2D eigenvalue weighted by Gasteiger charge is -2.15. The summed E-state index contributed by atoms with van der Waals surface area (Å²) in [5.74, 6) is -0.0706. The first-order valence-electron chi connectivity index (χ1n) is 6.40. The van der Waals surface area contributed by atoms with Crippen LogP contribution in [0.4, 0.5) is 5.69 Å². The van der Waals surface area contributed by atoms with Crippen LogP contribution in [0.2, 0.25) is 0 Å². The number of para-hydroxylation sites is 1. The van der Waals surface area contributed by atoms with Crippen LogP contribution in [0.15, 0.2) is 24.3 Å². The monoisotopic (exact) mass is 250 g/mol. The minimum atomic E-state index is -0.0706. The van der Waals surface area contributed by atoms with Gasteiger partial charge in [0.05, 0.1) is 12.2 Å². The molecule has 0 fully saturated rings. The molecule has 1 aromatic rings. The zero-order valence-electron chi connectivity index (χ0n) is 11.3. The van der Waals surface area contributed by atoms with Crippen molar-refractivity contribution in [3.8, 4) is 0 Å². The summed E-state index contributed by atoms with van der Waals surface area (Å²) >= 11 is 0. The molecule has 0 saturated heterocycles. The quantitative estimate of drug-likeness (QED) is 0.780. The number of ether oxygens (including phenoxy) is 1. The second-order valence-electron chi connectivity index (χ2n) is 4.11. The van der Waals surface area contributed by atoms with Crippen LogP contribution in [0.5, 0.6) is 0 Å². The number of hydrogen-bond acceptors (Lipinski definition) is 3. The normalized spacial score (nSPS) is 11.9. The molecule has 0 radical (unpaired) electrons. The Morgan fingerprint density at radius 3 is 2.72 bits per heavy atom. The minimum Gasteiger partial charge on any atom is -0.385 e. The third kappa shape index (κ3) is 4.37. The molecule has 1 atom stereocenters. The SMILES string of the molecule is CCNc1ccccc1C(=O)NC(C)COCC. The van der Waals surface area contributed by atoms with E-state index < -0.39 is 0 Å². The Bertz CT molecular complexity index is 380. The van der Waals surface area contributed by atoms with Gasteiger partial charge in [-0.2, -0.15) is 0 Å². The van der Waals surface area contributed by atoms with Crippen molar-refractivity contribution >= 4 is 11.6 Å². The van der Waals surface area contributed by atoms with E-state index in [2.05, 4.69) is 10.6 Å². The van der Waals surface area contributed by atoms with Crippen LogP contribution in [-0.2, 0) is 4.74 Å². The molecule has 0 aliphatic heterocycles. The van der Waals surface area contributed by atoms with E-state index in [1.165, 1.54) is 0 Å². The van der Waals surface area contributed by atoms with Gasteiger partial charge in [-0.3, -0.25) is 4.79 Å². The molecule has 1 unspecified atom stereocenters. The molecule has 0 heterocycles. The molecule has 1 amide bonds. The summed E-state index contributed by atoms with van der Waals surface area (Å²) in [5.41, 5.74) is 1.53. The third-order valence-corrected chi connectivity index (χ3v) is 2.49. The Morgan fingerprint density at radius 2 is 2.06 bits per heavy atom. The molecule has 0 aliphatic rings. The largest absolute Gasteiger partial charge is 0.385 e. The standard InChI is InChI=1S/C14H22N2O2/c1-4-15-13-9-7-6-8-12(13)14(17)16-11(3)10-18-5-2/h6-9,11,15H,4-5,10H2,1-3H3,(H,16,17). The van der Waals surface area contributed by atoms with Gasteiger partial charge in [0.25, 0.3) is 5.91 Å². The minimum absolute atomic E-state index is 0.00660. The molecule has 2 N–H and O–H groups in total. The molecule has 100 valence electrons. The van der Waals surface area contributed by atoms with Gasteiger partial charge in [0.15, 0.2) is 0 Å². The van der Waals surface area contributed by atoms with Crippen molar-refractivity contribution in [2.75, 3.05) is 25.1 Å². The van der Waals surface area contributed by atoms with Crippen LogP contribution in [-0.4, -0.2) is 31.7 Å². The van der Waals surface area contributed by atoms with E-state index in [9.17, 15) is 4.79 Å². The van der Waals surface area contributed by atoms with Gasteiger partial charge in [-0.15, -0.1) is 0 Å². The van der Waals surface area contributed by atoms with Crippen molar-refractivity contribution in [1.82, 2.24) is 5.32 Å². The molecule has 0 aromatic heterocycles. The fourth-order valence-corrected chi connectivity index (χ4v) is 1.66. The Morgan fingerprint density at radius 1 is 1.33 bits per heavy atom. The maximum atomic E-state index is 12.1. The van der Waals surface area contributed by atoms with Crippen molar-refractivity contribution in [1.29, 1.82) is 0 Å². The molecule has 1 aromatic carbocycles. The van der Waals surface area contributed by atoms with Crippen molar-refractivity contribution < 1.29 is 9.53 Å². The molecule has 18 heavy (non-hydrogen) atoms. The Hall–Kier alpha value is -1.55. The van der Waals surface area contributed by atoms with Gasteiger partial charge in [0, 0.05) is 24.9 Å². The second kappa shape index (κ2) is 7.71. The summed E-state index contributed by atoms with van der Waals surface area (Å²) in [7, 11) is 0. The highest BCUT2D eigenvalue weighted by molar-refractivity contribution is 5.99. The highest BCUT2D eigenvalue weighted by Gasteiger charge is 2.12. The summed E-state index contributed by atoms with van der Waals surface area (Å²) in [6, 6.07) is 7.51. The van der Waals surface area contributed by atoms with Crippen LogP contribution in [0, 0.1) is 0 Å². The summed E-state index contributed by atoms with van der Waals surface area (Å²) in [6.07, 6.45) is 0. The van der Waals surface area contributed by atoms with E-state index >= 15 is 0 Å². The molecule has 4 nitrogen and oxygen atoms in total. The number of benzene rings is 1. The fourth-order valence-electron chi connectivity index (χ4n) is 1.66. The average molecular weight is 250 g/mol. The number of rotatable bonds is 7. The van der Waals surface area contributed by atoms with Gasteiger partial charge in [-0.1, -0.05) is 12.1 Å². The second-order valence-corrected chi connectivity index (χ2v) is 4.11. The predicted octanol–water partition coefficient (Wildman–Crippen LogP) is 2.27. The first-order chi connectivity index (χ1) is 8.69. The zero-order valence-corrected chi connectivity index (χ0v) is 11.3. The molecule has 0 bridgehead atoms. The molecular weight excluding hydrogens is 228 g/mol. The predicted molar refractivity (Wildman–Crippen MR) is 74.0 cm³/mol. The Kier molecular flexibility index (Phi) is 6.22. The molecule has 4 heteroatoms. The molecule has 1 rings (SSSR count). The van der Waals surface area contributed by atoms with Crippen molar-refractivity contribution in [3.05, 3.63) is 29.8 Å². The van der Waals surface area contributed by atoms with Gasteiger partial charge in [-0.05, 0) is 32.9 Å². The number of anilines is 1. The lowest BCUT2D eigenvalue weighted by molar-refractivity contribution is 0.0872. The molecule has 0 spiro atoms. The highest BCUT2D eigenvalue weighted by atomic mass is 16.5. The van der Waals surface area contributed by atoms with Crippen LogP contribution in [0.25, 0.3) is 0 Å². The van der Waals surface area contributed by atoms with Crippen molar-refractivity contribution in [3.63, 3.8) is 0 Å². The van der Waals surface area contributed by atoms with Gasteiger partial charge in [0.2, 0.25) is 0 Å². The van der Waals surface area contributed by atoms with Crippen LogP contribution in [0.1, 0.15) is 31.1 Å². The first kappa shape index (κ1) is 14.5. The van der Waals surface area contributed by atoms with Gasteiger partial charge in [-0.25, -0.2) is 0 Å². The highest BCUT2D eigenvalue weighted by Crippen LogP contribution is 2.14. The summed E-state index contributed by atoms with van der Waals surface area (Å²) in [5, 5.41) is 6.11. The number of nitrogens with one attached hydrogen (secondary N) is 2. The number of hydrogen-bond donors (Lipinski definition) is 2. The van der Waals surface area contributed by atoms with E-state index in [1.54, 1.807) is 0 Å². The Balaban J connectivity index is 2.65. The van der Waals surface area contributed by atoms with Crippen LogP contribution >= 0.6 is 0 Å². The molecular formula is C14H22N2O2. The maximum absolute atomic E-state index is 12.1. The zero-order chi connectivity index (χ0) is 13.4. The van der Waals surface area contributed by atoms with Gasteiger partial charge >= 0.3 is 0 Å². The topological polar surface area (TPSA) is 50.4 Å². The molecule has 0 aliphatic carbocycles. The third-order valence-electron chi connectivity index (χ3n) is 2.49. The first-order valence-corrected chi connectivity index (χ1v) is 6.40. The van der Waals surface area contributed by atoms with Gasteiger partial charge in [0.1, 0.15) is 0 Å². The van der Waals surface area contributed by atoms with Crippen molar-refractivity contribution in [2.45, 2.75) is 26.8 Å². The van der Waals surface area contributed by atoms with E-state index in [4.69, 9.17) is 4.74 Å². The molecule has 0 saturated carbocycles. The lowest BCUT2D eigenvalue weighted by atomic mass is 10.1. The average Bonchev–Trinajstić information content (AvgIpc) is 2.37. The fraction of sp³-hybridized carbons (Fsp3) is 0.500. The van der Waals surface area contributed by atoms with Gasteiger partial charge < -0.3 is 15.4 Å². The maximum Gasteiger partial charge on any atom is 0.253 e. The summed E-state index contributed by atoms with van der Waals surface area (Å²) in [6.45, 7) is 7.86. The van der Waals surface area contributed by atoms with Crippen LogP contribution in [0.3, 0.4) is 0 Å². The summed E-state index contributed by atoms with van der Waals surface area (Å²) < 4.78 is 5.28. The lowest BCUT2D eigenvalue weighted by Crippen LogP contribution is -2.36. The number of carbonyl (C=O) groups excluding carboxylic acids is 1. The number of amides is 1. The van der Waals surface area contributed by atoms with E-state index in [-0.39, 0.29) is 11.9 Å². The van der Waals surface area contributed by atoms with Crippen LogP contribution < -0.4 is 10.6 Å². The Labute approximate surface area is 109 Å². The van der Waals surface area contributed by atoms with E-state index in [0.29, 0.717) is 18.8 Å². The summed E-state index contributed by atoms with van der Waals surface area (Å²) in [4.78, 5) is 12.1. The number of carbonyl (C=O) groups is 1.